The molecule has 1 saturated carbocycles. The summed E-state index contributed by atoms with van der Waals surface area (Å²) in [6.45, 7) is 0. The van der Waals surface area contributed by atoms with Crippen LogP contribution in [0.5, 0.6) is 0 Å². The van der Waals surface area contributed by atoms with Gasteiger partial charge in [0.25, 0.3) is 0 Å². The monoisotopic (exact) mass is 242 g/mol. The van der Waals surface area contributed by atoms with Gasteiger partial charge in [-0.1, -0.05) is 11.6 Å². The predicted molar refractivity (Wildman–Crippen MR) is 57.0 cm³/mol. The topological polar surface area (TPSA) is 54.6 Å². The first-order valence-corrected chi connectivity index (χ1v) is 5.83. The van der Waals surface area contributed by atoms with Crippen molar-refractivity contribution < 1.29 is 9.90 Å². The molecule has 0 aromatic carbocycles. The molecule has 0 atom stereocenters. The van der Waals surface area contributed by atoms with Gasteiger partial charge in [0, 0.05) is 17.0 Å². The Kier molecular flexibility index (Phi) is 1.81. The Bertz CT molecular complexity index is 556. The third-order valence-corrected chi connectivity index (χ3v) is 3.72. The fourth-order valence-electron chi connectivity index (χ4n) is 1.64. The molecule has 2 aromatic rings. The summed E-state index contributed by atoms with van der Waals surface area (Å²) >= 11 is 7.44. The standard InChI is InChI=1S/C9H7ClN2O2S/c10-7-6(8(13)14)11-9-12(7)5(3-15-9)4-1-2-4/h3-4H,1-2H2,(H,13,14). The molecule has 1 fully saturated rings. The molecule has 0 radical (unpaired) electrons. The number of imidazole rings is 1. The van der Waals surface area contributed by atoms with Crippen molar-refractivity contribution in [3.8, 4) is 0 Å². The van der Waals surface area contributed by atoms with E-state index in [1.54, 1.807) is 4.40 Å². The molecule has 1 aliphatic carbocycles. The van der Waals surface area contributed by atoms with E-state index in [2.05, 4.69) is 4.98 Å². The lowest BCUT2D eigenvalue weighted by molar-refractivity contribution is 0.0691. The summed E-state index contributed by atoms with van der Waals surface area (Å²) in [5, 5.41) is 11.1. The third kappa shape index (κ3) is 1.27. The number of aromatic carboxylic acids is 1. The van der Waals surface area contributed by atoms with Crippen molar-refractivity contribution in [3.05, 3.63) is 21.9 Å². The molecule has 3 rings (SSSR count). The number of aromatic nitrogens is 2. The molecule has 6 heteroatoms. The van der Waals surface area contributed by atoms with E-state index in [1.165, 1.54) is 11.3 Å². The van der Waals surface area contributed by atoms with Gasteiger partial charge in [0.15, 0.2) is 10.7 Å². The number of nitrogens with zero attached hydrogens (tertiary/aromatic N) is 2. The number of hydrogen-bond acceptors (Lipinski definition) is 3. The highest BCUT2D eigenvalue weighted by Crippen LogP contribution is 2.42. The van der Waals surface area contributed by atoms with Crippen LogP contribution in [0.3, 0.4) is 0 Å². The van der Waals surface area contributed by atoms with Crippen LogP contribution in [0.2, 0.25) is 5.15 Å². The van der Waals surface area contributed by atoms with Crippen molar-refractivity contribution in [1.29, 1.82) is 0 Å². The summed E-state index contributed by atoms with van der Waals surface area (Å²) in [6.07, 6.45) is 2.31. The second kappa shape index (κ2) is 2.96. The van der Waals surface area contributed by atoms with Crippen LogP contribution in [-0.2, 0) is 0 Å². The Morgan fingerprint density at radius 3 is 3.00 bits per heavy atom. The van der Waals surface area contributed by atoms with E-state index >= 15 is 0 Å². The zero-order valence-electron chi connectivity index (χ0n) is 7.61. The van der Waals surface area contributed by atoms with E-state index in [0.717, 1.165) is 18.5 Å². The van der Waals surface area contributed by atoms with Crippen LogP contribution in [-0.4, -0.2) is 20.5 Å². The Labute approximate surface area is 94.1 Å². The van der Waals surface area contributed by atoms with E-state index in [1.807, 2.05) is 5.38 Å². The molecule has 0 spiro atoms. The molecule has 2 aromatic heterocycles. The van der Waals surface area contributed by atoms with Crippen LogP contribution in [0, 0.1) is 0 Å². The van der Waals surface area contributed by atoms with Crippen molar-refractivity contribution >= 4 is 33.9 Å². The third-order valence-electron chi connectivity index (χ3n) is 2.53. The van der Waals surface area contributed by atoms with Crippen molar-refractivity contribution in [1.82, 2.24) is 9.38 Å². The van der Waals surface area contributed by atoms with Gasteiger partial charge in [-0.05, 0) is 12.8 Å². The summed E-state index contributed by atoms with van der Waals surface area (Å²) in [5.41, 5.74) is 1.05. The minimum absolute atomic E-state index is 0.0505. The Hall–Kier alpha value is -1.07. The first-order chi connectivity index (χ1) is 7.18. The van der Waals surface area contributed by atoms with Gasteiger partial charge >= 0.3 is 5.97 Å². The number of fused-ring (bicyclic) bond motifs is 1. The highest BCUT2D eigenvalue weighted by atomic mass is 35.5. The quantitative estimate of drug-likeness (QED) is 0.881. The fourth-order valence-corrected chi connectivity index (χ4v) is 2.97. The maximum Gasteiger partial charge on any atom is 0.357 e. The molecule has 78 valence electrons. The highest BCUT2D eigenvalue weighted by Gasteiger charge is 2.29. The Morgan fingerprint density at radius 1 is 1.67 bits per heavy atom. The summed E-state index contributed by atoms with van der Waals surface area (Å²) in [6, 6.07) is 0. The van der Waals surface area contributed by atoms with Gasteiger partial charge in [0.1, 0.15) is 5.15 Å². The summed E-state index contributed by atoms with van der Waals surface area (Å²) in [4.78, 5) is 15.5. The molecule has 0 bridgehead atoms. The van der Waals surface area contributed by atoms with Gasteiger partial charge in [-0.15, -0.1) is 11.3 Å². The SMILES string of the molecule is O=C(O)c1nc2scc(C3CC3)n2c1Cl. The lowest BCUT2D eigenvalue weighted by atomic mass is 10.3. The maximum atomic E-state index is 10.8. The summed E-state index contributed by atoms with van der Waals surface area (Å²) < 4.78 is 1.76. The summed E-state index contributed by atoms with van der Waals surface area (Å²) in [7, 11) is 0. The predicted octanol–water partition coefficient (Wildman–Crippen LogP) is 2.62. The minimum Gasteiger partial charge on any atom is -0.476 e. The van der Waals surface area contributed by atoms with Gasteiger partial charge < -0.3 is 5.11 Å². The van der Waals surface area contributed by atoms with Crippen LogP contribution in [0.4, 0.5) is 0 Å². The van der Waals surface area contributed by atoms with Gasteiger partial charge in [-0.2, -0.15) is 0 Å². The molecule has 0 saturated heterocycles. The largest absolute Gasteiger partial charge is 0.476 e. The number of halogens is 1. The Balaban J connectivity index is 2.27. The van der Waals surface area contributed by atoms with Crippen molar-refractivity contribution in [2.24, 2.45) is 0 Å². The molecule has 15 heavy (non-hydrogen) atoms. The molecule has 0 unspecified atom stereocenters. The van der Waals surface area contributed by atoms with Crippen LogP contribution in [0.25, 0.3) is 4.96 Å². The van der Waals surface area contributed by atoms with E-state index in [0.29, 0.717) is 10.9 Å². The van der Waals surface area contributed by atoms with Crippen LogP contribution in [0.1, 0.15) is 34.9 Å². The van der Waals surface area contributed by atoms with Crippen LogP contribution in [0.15, 0.2) is 5.38 Å². The number of rotatable bonds is 2. The van der Waals surface area contributed by atoms with Gasteiger partial charge in [-0.3, -0.25) is 4.40 Å². The number of carbonyl (C=O) groups is 1. The smallest absolute Gasteiger partial charge is 0.357 e. The second-order valence-electron chi connectivity index (χ2n) is 3.61. The molecule has 1 N–H and O–H groups in total. The zero-order chi connectivity index (χ0) is 10.6. The van der Waals surface area contributed by atoms with Crippen molar-refractivity contribution in [2.75, 3.05) is 0 Å². The first kappa shape index (κ1) is 9.18. The number of thiazole rings is 1. The van der Waals surface area contributed by atoms with Gasteiger partial charge in [0.05, 0.1) is 0 Å². The highest BCUT2D eigenvalue weighted by molar-refractivity contribution is 7.15. The fraction of sp³-hybridized carbons (Fsp3) is 0.333. The maximum absolute atomic E-state index is 10.8. The molecule has 4 nitrogen and oxygen atoms in total. The van der Waals surface area contributed by atoms with Gasteiger partial charge in [-0.25, -0.2) is 9.78 Å². The Morgan fingerprint density at radius 2 is 2.40 bits per heavy atom. The average molecular weight is 243 g/mol. The van der Waals surface area contributed by atoms with E-state index in [9.17, 15) is 4.79 Å². The van der Waals surface area contributed by atoms with Gasteiger partial charge in [0.2, 0.25) is 0 Å². The van der Waals surface area contributed by atoms with E-state index in [-0.39, 0.29) is 10.8 Å². The lowest BCUT2D eigenvalue weighted by Gasteiger charge is -1.96. The number of carboxylic acid groups (broad SMARTS) is 1. The number of hydrogen-bond donors (Lipinski definition) is 1. The van der Waals surface area contributed by atoms with Crippen LogP contribution >= 0.6 is 22.9 Å². The molecular formula is C9H7ClN2O2S. The molecule has 0 aliphatic heterocycles. The average Bonchev–Trinajstić information content (AvgIpc) is 2.85. The van der Waals surface area contributed by atoms with Crippen molar-refractivity contribution in [2.45, 2.75) is 18.8 Å². The van der Waals surface area contributed by atoms with E-state index in [4.69, 9.17) is 16.7 Å². The first-order valence-electron chi connectivity index (χ1n) is 4.57. The number of carboxylic acids is 1. The molecule has 0 amide bonds. The normalized spacial score (nSPS) is 16.1. The lowest BCUT2D eigenvalue weighted by Crippen LogP contribution is -1.98. The molecule has 2 heterocycles. The van der Waals surface area contributed by atoms with E-state index < -0.39 is 5.97 Å². The van der Waals surface area contributed by atoms with Crippen LogP contribution < -0.4 is 0 Å². The second-order valence-corrected chi connectivity index (χ2v) is 4.80. The minimum atomic E-state index is -1.07. The molecule has 1 aliphatic rings. The molecular weight excluding hydrogens is 236 g/mol. The van der Waals surface area contributed by atoms with Crippen molar-refractivity contribution in [3.63, 3.8) is 0 Å². The summed E-state index contributed by atoms with van der Waals surface area (Å²) in [5.74, 6) is -0.537. The zero-order valence-corrected chi connectivity index (χ0v) is 9.18.